The van der Waals surface area contributed by atoms with E-state index in [4.69, 9.17) is 9.47 Å². The van der Waals surface area contributed by atoms with E-state index in [1.54, 1.807) is 31.5 Å². The molecule has 0 aliphatic carbocycles. The number of aromatic nitrogens is 1. The fraction of sp³-hybridized carbons (Fsp3) is 0.304. The first kappa shape index (κ1) is 23.4. The molecule has 0 radical (unpaired) electrons. The molecule has 1 aliphatic heterocycles. The van der Waals surface area contributed by atoms with Crippen LogP contribution in [0, 0.1) is 0 Å². The van der Waals surface area contributed by atoms with E-state index in [0.717, 1.165) is 16.9 Å². The molecule has 0 amide bonds. The maximum Gasteiger partial charge on any atom is 0.243 e. The van der Waals surface area contributed by atoms with Crippen molar-refractivity contribution in [3.8, 4) is 17.0 Å². The van der Waals surface area contributed by atoms with Crippen LogP contribution in [-0.4, -0.2) is 56.3 Å². The third-order valence-electron chi connectivity index (χ3n) is 5.16. The molecule has 1 saturated heterocycles. The Hall–Kier alpha value is -2.79. The second kappa shape index (κ2) is 10.0. The Morgan fingerprint density at radius 3 is 2.70 bits per heavy atom. The zero-order valence-corrected chi connectivity index (χ0v) is 20.3. The van der Waals surface area contributed by atoms with Gasteiger partial charge in [-0.2, -0.15) is 9.41 Å². The van der Waals surface area contributed by atoms with Crippen LogP contribution in [0.25, 0.3) is 11.3 Å². The predicted octanol–water partition coefficient (Wildman–Crippen LogP) is 4.06. The lowest BCUT2D eigenvalue weighted by atomic mass is 10.2. The Morgan fingerprint density at radius 2 is 1.94 bits per heavy atom. The molecule has 33 heavy (non-hydrogen) atoms. The van der Waals surface area contributed by atoms with Crippen molar-refractivity contribution >= 4 is 32.7 Å². The van der Waals surface area contributed by atoms with Gasteiger partial charge in [0, 0.05) is 29.6 Å². The lowest BCUT2D eigenvalue weighted by Gasteiger charge is -2.34. The Morgan fingerprint density at radius 1 is 1.18 bits per heavy atom. The number of ether oxygens (including phenoxy) is 2. The Kier molecular flexibility index (Phi) is 7.08. The minimum Gasteiger partial charge on any atom is -0.496 e. The average molecular weight is 487 g/mol. The van der Waals surface area contributed by atoms with Crippen LogP contribution in [0.4, 0.5) is 5.13 Å². The van der Waals surface area contributed by atoms with Crippen molar-refractivity contribution in [3.63, 3.8) is 0 Å². The van der Waals surface area contributed by atoms with Crippen molar-refractivity contribution in [2.75, 3.05) is 25.6 Å². The zero-order chi connectivity index (χ0) is 23.4. The summed E-state index contributed by atoms with van der Waals surface area (Å²) in [7, 11) is -2.01. The molecule has 0 unspecified atom stereocenters. The van der Waals surface area contributed by atoms with Gasteiger partial charge < -0.3 is 9.47 Å². The van der Waals surface area contributed by atoms with Crippen LogP contribution in [0.3, 0.4) is 0 Å². The molecule has 174 valence electrons. The van der Waals surface area contributed by atoms with E-state index in [1.165, 1.54) is 15.6 Å². The molecule has 0 saturated carbocycles. The first-order valence-corrected chi connectivity index (χ1v) is 12.8. The maximum atomic E-state index is 13.2. The monoisotopic (exact) mass is 486 g/mol. The second-order valence-corrected chi connectivity index (χ2v) is 10.6. The van der Waals surface area contributed by atoms with E-state index in [0.29, 0.717) is 23.9 Å². The van der Waals surface area contributed by atoms with Crippen molar-refractivity contribution in [2.45, 2.75) is 31.0 Å². The molecule has 2 heterocycles. The quantitative estimate of drug-likeness (QED) is 0.400. The van der Waals surface area contributed by atoms with Gasteiger partial charge in [-0.05, 0) is 38.1 Å². The normalized spacial score (nSPS) is 19.6. The standard InChI is InChI=1S/C23H26N4O4S2/c1-16-13-27(14-17(2)31-16)33(28,29)20-9-6-8-18(11-20)21-15-32-23(25-21)26-24-12-19-7-4-5-10-22(19)30-3/h4-12,15-17H,13-14H2,1-3H3,(H,25,26)/b24-12+/t16-,17+. The number of thiazole rings is 1. The summed E-state index contributed by atoms with van der Waals surface area (Å²) >= 11 is 1.39. The molecule has 10 heteroatoms. The number of hydrogen-bond acceptors (Lipinski definition) is 8. The van der Waals surface area contributed by atoms with Crippen LogP contribution in [0.5, 0.6) is 5.75 Å². The number of nitrogens with one attached hydrogen (secondary N) is 1. The molecule has 4 rings (SSSR count). The fourth-order valence-electron chi connectivity index (χ4n) is 3.68. The van der Waals surface area contributed by atoms with Crippen molar-refractivity contribution in [2.24, 2.45) is 5.10 Å². The maximum absolute atomic E-state index is 13.2. The molecule has 3 aromatic rings. The highest BCUT2D eigenvalue weighted by molar-refractivity contribution is 7.89. The first-order valence-electron chi connectivity index (χ1n) is 10.5. The van der Waals surface area contributed by atoms with E-state index in [9.17, 15) is 8.42 Å². The topological polar surface area (TPSA) is 93.1 Å². The number of morpholine rings is 1. The zero-order valence-electron chi connectivity index (χ0n) is 18.6. The summed E-state index contributed by atoms with van der Waals surface area (Å²) in [4.78, 5) is 4.80. The molecule has 1 N–H and O–H groups in total. The molecule has 0 bridgehead atoms. The molecule has 8 nitrogen and oxygen atoms in total. The van der Waals surface area contributed by atoms with Gasteiger partial charge in [0.15, 0.2) is 0 Å². The molecule has 1 aliphatic rings. The highest BCUT2D eigenvalue weighted by atomic mass is 32.2. The number of hydrazone groups is 1. The number of nitrogens with zero attached hydrogens (tertiary/aromatic N) is 3. The summed E-state index contributed by atoms with van der Waals surface area (Å²) < 4.78 is 38.9. The third-order valence-corrected chi connectivity index (χ3v) is 7.74. The first-order chi connectivity index (χ1) is 15.9. The lowest BCUT2D eigenvalue weighted by molar-refractivity contribution is -0.0440. The van der Waals surface area contributed by atoms with E-state index < -0.39 is 10.0 Å². The minimum absolute atomic E-state index is 0.143. The smallest absolute Gasteiger partial charge is 0.243 e. The van der Waals surface area contributed by atoms with Gasteiger partial charge in [-0.1, -0.05) is 24.3 Å². The van der Waals surface area contributed by atoms with Crippen LogP contribution >= 0.6 is 11.3 Å². The fourth-order valence-corrected chi connectivity index (χ4v) is 5.99. The van der Waals surface area contributed by atoms with Crippen LogP contribution in [0.1, 0.15) is 19.4 Å². The molecule has 1 aromatic heterocycles. The summed E-state index contributed by atoms with van der Waals surface area (Å²) in [5, 5.41) is 6.70. The van der Waals surface area contributed by atoms with Gasteiger partial charge in [0.1, 0.15) is 5.75 Å². The summed E-state index contributed by atoms with van der Waals surface area (Å²) in [5.41, 5.74) is 5.17. The van der Waals surface area contributed by atoms with Gasteiger partial charge in [-0.3, -0.25) is 5.43 Å². The van der Waals surface area contributed by atoms with Gasteiger partial charge in [-0.25, -0.2) is 13.4 Å². The van der Waals surface area contributed by atoms with Crippen LogP contribution < -0.4 is 10.2 Å². The Bertz CT molecular complexity index is 1230. The van der Waals surface area contributed by atoms with E-state index in [1.807, 2.05) is 49.6 Å². The predicted molar refractivity (Wildman–Crippen MR) is 131 cm³/mol. The van der Waals surface area contributed by atoms with Crippen LogP contribution in [0.2, 0.25) is 0 Å². The van der Waals surface area contributed by atoms with Gasteiger partial charge in [0.05, 0.1) is 36.1 Å². The van der Waals surface area contributed by atoms with E-state index in [2.05, 4.69) is 15.5 Å². The molecule has 2 aromatic carbocycles. The Balaban J connectivity index is 1.50. The summed E-state index contributed by atoms with van der Waals surface area (Å²) in [6, 6.07) is 14.4. The highest BCUT2D eigenvalue weighted by Gasteiger charge is 2.32. The third kappa shape index (κ3) is 5.41. The number of benzene rings is 2. The largest absolute Gasteiger partial charge is 0.496 e. The number of sulfonamides is 1. The summed E-state index contributed by atoms with van der Waals surface area (Å²) in [6.07, 6.45) is 1.38. The Labute approximate surface area is 197 Å². The number of para-hydroxylation sites is 1. The van der Waals surface area contributed by atoms with E-state index >= 15 is 0 Å². The number of rotatable bonds is 7. The van der Waals surface area contributed by atoms with Gasteiger partial charge in [0.2, 0.25) is 15.2 Å². The molecular formula is C23H26N4O4S2. The van der Waals surface area contributed by atoms with Crippen LogP contribution in [-0.2, 0) is 14.8 Å². The van der Waals surface area contributed by atoms with Gasteiger partial charge >= 0.3 is 0 Å². The van der Waals surface area contributed by atoms with Crippen molar-refractivity contribution in [1.29, 1.82) is 0 Å². The molecular weight excluding hydrogens is 460 g/mol. The average Bonchev–Trinajstić information content (AvgIpc) is 3.28. The molecule has 1 fully saturated rings. The van der Waals surface area contributed by atoms with Crippen LogP contribution in [0.15, 0.2) is 63.9 Å². The molecule has 0 spiro atoms. The van der Waals surface area contributed by atoms with Crippen molar-refractivity contribution in [3.05, 3.63) is 59.5 Å². The second-order valence-electron chi connectivity index (χ2n) is 7.76. The number of anilines is 1. The SMILES string of the molecule is COc1ccccc1/C=N/Nc1nc(-c2cccc(S(=O)(=O)N3C[C@@H](C)O[C@@H](C)C3)c2)cs1. The van der Waals surface area contributed by atoms with Crippen molar-refractivity contribution < 1.29 is 17.9 Å². The minimum atomic E-state index is -3.63. The summed E-state index contributed by atoms with van der Waals surface area (Å²) in [5.74, 6) is 0.727. The summed E-state index contributed by atoms with van der Waals surface area (Å²) in [6.45, 7) is 4.45. The number of hydrogen-bond donors (Lipinski definition) is 1. The lowest BCUT2D eigenvalue weighted by Crippen LogP contribution is -2.48. The van der Waals surface area contributed by atoms with Crippen molar-refractivity contribution in [1.82, 2.24) is 9.29 Å². The highest BCUT2D eigenvalue weighted by Crippen LogP contribution is 2.28. The van der Waals surface area contributed by atoms with Gasteiger partial charge in [0.25, 0.3) is 0 Å². The molecule has 2 atom stereocenters. The van der Waals surface area contributed by atoms with Gasteiger partial charge in [-0.15, -0.1) is 11.3 Å². The number of methoxy groups -OCH3 is 1. The van der Waals surface area contributed by atoms with E-state index in [-0.39, 0.29) is 17.1 Å².